The highest BCUT2D eigenvalue weighted by atomic mass is 32.1. The molecule has 2 heterocycles. The quantitative estimate of drug-likeness (QED) is 0.163. The molecule has 0 radical (unpaired) electrons. The highest BCUT2D eigenvalue weighted by Gasteiger charge is 2.24. The molecule has 0 fully saturated rings. The lowest BCUT2D eigenvalue weighted by molar-refractivity contribution is -0.385. The standard InChI is InChI=1S/C30H28N4O4S/c1-17-5-11-22-25(13-17)39-29-26(22)28(35)32-27(33-29)19(16-31)14-18-6-12-24(23(15-18)34(36)37)38-21-9-7-20(8-10-21)30(2,3)4/h6-10,12,14-15,17H,5,11,13H2,1-4H3,(H,32,33,35)/b19-14+/t17-/m0/s1. The Morgan fingerprint density at radius 3 is 2.67 bits per heavy atom. The maximum Gasteiger partial charge on any atom is 0.312 e. The number of nitriles is 1. The molecule has 1 aliphatic carbocycles. The number of aromatic amines is 1. The number of hydrogen-bond donors (Lipinski definition) is 1. The molecule has 8 nitrogen and oxygen atoms in total. The summed E-state index contributed by atoms with van der Waals surface area (Å²) in [6.45, 7) is 8.51. The Morgan fingerprint density at radius 2 is 2.00 bits per heavy atom. The first kappa shape index (κ1) is 26.3. The molecule has 1 aliphatic rings. The number of aryl methyl sites for hydroxylation is 1. The number of aromatic nitrogens is 2. The summed E-state index contributed by atoms with van der Waals surface area (Å²) in [6.07, 6.45) is 4.28. The van der Waals surface area contributed by atoms with Crippen LogP contribution in [0.5, 0.6) is 11.5 Å². The largest absolute Gasteiger partial charge is 0.450 e. The molecule has 4 aromatic rings. The van der Waals surface area contributed by atoms with Crippen molar-refractivity contribution in [1.29, 1.82) is 5.26 Å². The van der Waals surface area contributed by atoms with Gasteiger partial charge >= 0.3 is 5.69 Å². The summed E-state index contributed by atoms with van der Waals surface area (Å²) in [4.78, 5) is 33.5. The number of nitro benzene ring substituents is 1. The summed E-state index contributed by atoms with van der Waals surface area (Å²) in [5.41, 5.74) is 2.17. The van der Waals surface area contributed by atoms with Gasteiger partial charge in [-0.2, -0.15) is 5.26 Å². The van der Waals surface area contributed by atoms with Crippen molar-refractivity contribution in [3.05, 3.63) is 90.3 Å². The minimum Gasteiger partial charge on any atom is -0.450 e. The Hall–Kier alpha value is -4.29. The van der Waals surface area contributed by atoms with E-state index in [1.165, 1.54) is 34.4 Å². The molecule has 0 aliphatic heterocycles. The monoisotopic (exact) mass is 540 g/mol. The molecule has 0 bridgehead atoms. The molecule has 0 amide bonds. The van der Waals surface area contributed by atoms with Gasteiger partial charge in [-0.05, 0) is 71.6 Å². The van der Waals surface area contributed by atoms with Gasteiger partial charge in [0.15, 0.2) is 5.82 Å². The number of H-pyrrole nitrogens is 1. The maximum absolute atomic E-state index is 13.0. The van der Waals surface area contributed by atoms with Crippen molar-refractivity contribution in [2.24, 2.45) is 5.92 Å². The van der Waals surface area contributed by atoms with Gasteiger partial charge < -0.3 is 9.72 Å². The van der Waals surface area contributed by atoms with Crippen LogP contribution in [0.15, 0.2) is 47.3 Å². The summed E-state index contributed by atoms with van der Waals surface area (Å²) in [7, 11) is 0. The first-order valence-corrected chi connectivity index (χ1v) is 13.6. The lowest BCUT2D eigenvalue weighted by atomic mass is 9.87. The number of rotatable bonds is 5. The van der Waals surface area contributed by atoms with E-state index in [-0.39, 0.29) is 33.8 Å². The van der Waals surface area contributed by atoms with Gasteiger partial charge in [-0.3, -0.25) is 14.9 Å². The van der Waals surface area contributed by atoms with Crippen LogP contribution in [0.2, 0.25) is 0 Å². The van der Waals surface area contributed by atoms with E-state index in [2.05, 4.69) is 43.7 Å². The summed E-state index contributed by atoms with van der Waals surface area (Å²) in [6, 6.07) is 14.0. The van der Waals surface area contributed by atoms with Gasteiger partial charge in [-0.1, -0.05) is 45.9 Å². The number of thiophene rings is 1. The van der Waals surface area contributed by atoms with Gasteiger partial charge in [0, 0.05) is 10.9 Å². The molecule has 0 saturated heterocycles. The number of nitro groups is 1. The van der Waals surface area contributed by atoms with Crippen LogP contribution in [0.3, 0.4) is 0 Å². The second-order valence-corrected chi connectivity index (χ2v) is 12.1. The Kier molecular flexibility index (Phi) is 6.83. The third-order valence-corrected chi connectivity index (χ3v) is 8.13. The van der Waals surface area contributed by atoms with Crippen LogP contribution in [-0.2, 0) is 18.3 Å². The van der Waals surface area contributed by atoms with E-state index in [0.717, 1.165) is 30.4 Å². The Balaban J connectivity index is 1.47. The van der Waals surface area contributed by atoms with E-state index in [4.69, 9.17) is 4.74 Å². The zero-order valence-electron chi connectivity index (χ0n) is 22.2. The molecule has 9 heteroatoms. The fourth-order valence-electron chi connectivity index (χ4n) is 4.80. The molecule has 39 heavy (non-hydrogen) atoms. The first-order valence-electron chi connectivity index (χ1n) is 12.8. The van der Waals surface area contributed by atoms with E-state index in [1.807, 2.05) is 12.1 Å². The number of nitrogens with one attached hydrogen (secondary N) is 1. The molecular weight excluding hydrogens is 512 g/mol. The predicted octanol–water partition coefficient (Wildman–Crippen LogP) is 7.17. The Morgan fingerprint density at radius 1 is 1.26 bits per heavy atom. The van der Waals surface area contributed by atoms with Gasteiger partial charge in [0.05, 0.1) is 15.9 Å². The normalized spacial score (nSPS) is 15.6. The molecule has 5 rings (SSSR count). The molecule has 0 spiro atoms. The summed E-state index contributed by atoms with van der Waals surface area (Å²) in [5, 5.41) is 22.3. The predicted molar refractivity (Wildman–Crippen MR) is 153 cm³/mol. The van der Waals surface area contributed by atoms with Crippen molar-refractivity contribution in [3.8, 4) is 17.6 Å². The van der Waals surface area contributed by atoms with Crippen molar-refractivity contribution in [2.45, 2.75) is 52.4 Å². The zero-order valence-corrected chi connectivity index (χ0v) is 23.0. The number of fused-ring (bicyclic) bond motifs is 3. The summed E-state index contributed by atoms with van der Waals surface area (Å²) < 4.78 is 5.83. The molecule has 198 valence electrons. The van der Waals surface area contributed by atoms with Crippen molar-refractivity contribution in [2.75, 3.05) is 0 Å². The van der Waals surface area contributed by atoms with Crippen LogP contribution in [0.25, 0.3) is 21.9 Å². The van der Waals surface area contributed by atoms with Crippen LogP contribution in [0.4, 0.5) is 5.69 Å². The second-order valence-electron chi connectivity index (χ2n) is 11.0. The number of nitrogens with zero attached hydrogens (tertiary/aromatic N) is 3. The first-order chi connectivity index (χ1) is 18.5. The average Bonchev–Trinajstić information content (AvgIpc) is 3.25. The number of allylic oxidation sites excluding steroid dienone is 1. The van der Waals surface area contributed by atoms with Crippen molar-refractivity contribution < 1.29 is 9.66 Å². The third-order valence-electron chi connectivity index (χ3n) is 6.98. The van der Waals surface area contributed by atoms with Crippen LogP contribution < -0.4 is 10.3 Å². The van der Waals surface area contributed by atoms with Gasteiger partial charge in [0.1, 0.15) is 16.6 Å². The smallest absolute Gasteiger partial charge is 0.312 e. The number of hydrogen-bond acceptors (Lipinski definition) is 7. The van der Waals surface area contributed by atoms with Gasteiger partial charge in [0.2, 0.25) is 5.75 Å². The Bertz CT molecular complexity index is 1720. The van der Waals surface area contributed by atoms with Crippen molar-refractivity contribution >= 4 is 38.9 Å². The van der Waals surface area contributed by atoms with E-state index in [1.54, 1.807) is 18.2 Å². The molecule has 1 atom stereocenters. The van der Waals surface area contributed by atoms with Gasteiger partial charge in [-0.15, -0.1) is 11.3 Å². The lowest BCUT2D eigenvalue weighted by Gasteiger charge is -2.19. The minimum atomic E-state index is -0.522. The van der Waals surface area contributed by atoms with E-state index in [0.29, 0.717) is 27.4 Å². The molecular formula is C30H28N4O4S. The third kappa shape index (κ3) is 5.33. The average molecular weight is 541 g/mol. The topological polar surface area (TPSA) is 122 Å². The van der Waals surface area contributed by atoms with E-state index in [9.17, 15) is 20.2 Å². The number of benzene rings is 2. The van der Waals surface area contributed by atoms with Crippen LogP contribution in [-0.4, -0.2) is 14.9 Å². The fraction of sp³-hybridized carbons (Fsp3) is 0.300. The lowest BCUT2D eigenvalue weighted by Crippen LogP contribution is -2.14. The molecule has 0 unspecified atom stereocenters. The highest BCUT2D eigenvalue weighted by molar-refractivity contribution is 7.18. The molecule has 1 N–H and O–H groups in total. The molecule has 2 aromatic heterocycles. The summed E-state index contributed by atoms with van der Waals surface area (Å²) in [5.74, 6) is 1.27. The second kappa shape index (κ2) is 10.1. The van der Waals surface area contributed by atoms with Crippen molar-refractivity contribution in [3.63, 3.8) is 0 Å². The summed E-state index contributed by atoms with van der Waals surface area (Å²) >= 11 is 1.50. The molecule has 2 aromatic carbocycles. The van der Waals surface area contributed by atoms with Crippen LogP contribution >= 0.6 is 11.3 Å². The van der Waals surface area contributed by atoms with Crippen LogP contribution in [0.1, 0.15) is 61.5 Å². The molecule has 0 saturated carbocycles. The maximum atomic E-state index is 13.0. The van der Waals surface area contributed by atoms with E-state index < -0.39 is 4.92 Å². The zero-order chi connectivity index (χ0) is 27.9. The van der Waals surface area contributed by atoms with E-state index >= 15 is 0 Å². The van der Waals surface area contributed by atoms with Crippen LogP contribution in [0, 0.1) is 27.4 Å². The SMILES string of the molecule is C[C@H]1CCc2c(sc3nc(/C(C#N)=C/c4ccc(Oc5ccc(C(C)(C)C)cc5)c([N+](=O)[O-])c4)[nH]c(=O)c23)C1. The van der Waals surface area contributed by atoms with Crippen molar-refractivity contribution in [1.82, 2.24) is 9.97 Å². The van der Waals surface area contributed by atoms with Gasteiger partial charge in [-0.25, -0.2) is 4.98 Å². The fourth-order valence-corrected chi connectivity index (χ4v) is 6.18. The minimum absolute atomic E-state index is 0.0257. The Labute approximate surface area is 229 Å². The highest BCUT2D eigenvalue weighted by Crippen LogP contribution is 2.37. The number of ether oxygens (including phenoxy) is 1. The van der Waals surface area contributed by atoms with Gasteiger partial charge in [0.25, 0.3) is 5.56 Å².